The lowest BCUT2D eigenvalue weighted by Crippen LogP contribution is -2.29. The topological polar surface area (TPSA) is 89.6 Å². The Balaban J connectivity index is 1.85. The molecule has 2 N–H and O–H groups in total. The van der Waals surface area contributed by atoms with Crippen LogP contribution >= 0.6 is 0 Å². The van der Waals surface area contributed by atoms with E-state index in [1.54, 1.807) is 12.4 Å². The van der Waals surface area contributed by atoms with Crippen molar-refractivity contribution in [2.24, 2.45) is 0 Å². The number of carbonyl (C=O) groups is 2. The lowest BCUT2D eigenvalue weighted by atomic mass is 10.2. The second kappa shape index (κ2) is 13.8. The van der Waals surface area contributed by atoms with Gasteiger partial charge in [0.15, 0.2) is 0 Å². The predicted octanol–water partition coefficient (Wildman–Crippen LogP) is 2.44. The molecular formula is C18H27N3O4. The Hall–Kier alpha value is -2.57. The number of pyridine rings is 1. The van der Waals surface area contributed by atoms with Gasteiger partial charge in [-0.1, -0.05) is 6.58 Å². The summed E-state index contributed by atoms with van der Waals surface area (Å²) in [6.07, 6.45) is 8.65. The van der Waals surface area contributed by atoms with E-state index in [-0.39, 0.29) is 5.91 Å². The number of amides is 2. The minimum Gasteiger partial charge on any atom is -0.493 e. The molecule has 7 nitrogen and oxygen atoms in total. The van der Waals surface area contributed by atoms with Gasteiger partial charge in [0, 0.05) is 25.5 Å². The van der Waals surface area contributed by atoms with Gasteiger partial charge in [0.2, 0.25) is 5.91 Å². The Morgan fingerprint density at radius 2 is 1.68 bits per heavy atom. The highest BCUT2D eigenvalue weighted by Crippen LogP contribution is 2.08. The van der Waals surface area contributed by atoms with Gasteiger partial charge in [0.1, 0.15) is 5.75 Å². The lowest BCUT2D eigenvalue weighted by Gasteiger charge is -2.08. The van der Waals surface area contributed by atoms with E-state index in [1.807, 2.05) is 12.1 Å². The van der Waals surface area contributed by atoms with Crippen LogP contribution < -0.4 is 15.4 Å². The maximum atomic E-state index is 11.4. The number of nitrogens with zero attached hydrogens (tertiary/aromatic N) is 1. The summed E-state index contributed by atoms with van der Waals surface area (Å²) in [5.41, 5.74) is 0. The number of rotatable bonds is 13. The number of carbonyl (C=O) groups excluding carboxylic acids is 2. The lowest BCUT2D eigenvalue weighted by molar-refractivity contribution is -0.116. The zero-order chi connectivity index (χ0) is 18.2. The predicted molar refractivity (Wildman–Crippen MR) is 95.4 cm³/mol. The van der Waals surface area contributed by atoms with Gasteiger partial charge < -0.3 is 20.1 Å². The number of hydrogen-bond donors (Lipinski definition) is 2. The normalized spacial score (nSPS) is 9.92. The molecule has 0 aliphatic heterocycles. The van der Waals surface area contributed by atoms with E-state index in [0.29, 0.717) is 32.7 Å². The van der Waals surface area contributed by atoms with Crippen molar-refractivity contribution in [2.45, 2.75) is 32.1 Å². The fourth-order valence-electron chi connectivity index (χ4n) is 1.96. The van der Waals surface area contributed by atoms with Gasteiger partial charge in [-0.25, -0.2) is 4.79 Å². The van der Waals surface area contributed by atoms with Crippen molar-refractivity contribution in [3.8, 4) is 5.75 Å². The number of hydrogen-bond acceptors (Lipinski definition) is 5. The SMILES string of the molecule is C=CC(=O)NCCCNC(=O)OCCCCCCOc1ccncc1. The van der Waals surface area contributed by atoms with Crippen LogP contribution in [0.4, 0.5) is 4.79 Å². The fraction of sp³-hybridized carbons (Fsp3) is 0.500. The molecular weight excluding hydrogens is 322 g/mol. The Bertz CT molecular complexity index is 508. The molecule has 7 heteroatoms. The van der Waals surface area contributed by atoms with Crippen molar-refractivity contribution in [3.05, 3.63) is 37.2 Å². The van der Waals surface area contributed by atoms with E-state index >= 15 is 0 Å². The first-order valence-corrected chi connectivity index (χ1v) is 8.56. The fourth-order valence-corrected chi connectivity index (χ4v) is 1.96. The van der Waals surface area contributed by atoms with Crippen LogP contribution in [0.1, 0.15) is 32.1 Å². The molecule has 2 amide bonds. The van der Waals surface area contributed by atoms with E-state index in [4.69, 9.17) is 9.47 Å². The van der Waals surface area contributed by atoms with E-state index in [1.165, 1.54) is 6.08 Å². The van der Waals surface area contributed by atoms with Crippen LogP contribution in [0.15, 0.2) is 37.2 Å². The molecule has 0 saturated carbocycles. The minimum atomic E-state index is -0.420. The van der Waals surface area contributed by atoms with Crippen LogP contribution in [-0.2, 0) is 9.53 Å². The highest BCUT2D eigenvalue weighted by atomic mass is 16.5. The number of ether oxygens (including phenoxy) is 2. The minimum absolute atomic E-state index is 0.214. The summed E-state index contributed by atoms with van der Waals surface area (Å²) in [6, 6.07) is 3.67. The largest absolute Gasteiger partial charge is 0.493 e. The van der Waals surface area contributed by atoms with E-state index in [0.717, 1.165) is 31.4 Å². The van der Waals surface area contributed by atoms with Crippen LogP contribution in [0.5, 0.6) is 5.75 Å². The molecule has 1 aromatic heterocycles. The summed E-state index contributed by atoms with van der Waals surface area (Å²) in [5, 5.41) is 5.27. The zero-order valence-corrected chi connectivity index (χ0v) is 14.5. The van der Waals surface area contributed by atoms with Gasteiger partial charge in [-0.15, -0.1) is 0 Å². The first kappa shape index (κ1) is 20.5. The standard InChI is InChI=1S/C18H27N3O4/c1-2-17(22)20-10-7-11-21-18(23)25-15-6-4-3-5-14-24-16-8-12-19-13-9-16/h2,8-9,12-13H,1,3-7,10-11,14-15H2,(H,20,22)(H,21,23). The molecule has 0 aliphatic carbocycles. The molecule has 0 fully saturated rings. The van der Waals surface area contributed by atoms with Gasteiger partial charge in [-0.2, -0.15) is 0 Å². The van der Waals surface area contributed by atoms with E-state index in [9.17, 15) is 9.59 Å². The van der Waals surface area contributed by atoms with Crippen LogP contribution in [0.3, 0.4) is 0 Å². The monoisotopic (exact) mass is 349 g/mol. The number of aromatic nitrogens is 1. The summed E-state index contributed by atoms with van der Waals surface area (Å²) in [4.78, 5) is 26.3. The van der Waals surface area contributed by atoms with E-state index < -0.39 is 6.09 Å². The second-order valence-electron chi connectivity index (χ2n) is 5.36. The van der Waals surface area contributed by atoms with Crippen molar-refractivity contribution in [3.63, 3.8) is 0 Å². The van der Waals surface area contributed by atoms with Crippen LogP contribution in [0, 0.1) is 0 Å². The maximum absolute atomic E-state index is 11.4. The first-order chi connectivity index (χ1) is 12.2. The average molecular weight is 349 g/mol. The summed E-state index contributed by atoms with van der Waals surface area (Å²) in [7, 11) is 0. The quantitative estimate of drug-likeness (QED) is 0.422. The molecule has 0 saturated heterocycles. The number of unbranched alkanes of at least 4 members (excludes halogenated alkanes) is 3. The Morgan fingerprint density at radius 3 is 2.40 bits per heavy atom. The smallest absolute Gasteiger partial charge is 0.407 e. The number of nitrogens with one attached hydrogen (secondary N) is 2. The zero-order valence-electron chi connectivity index (χ0n) is 14.5. The second-order valence-corrected chi connectivity index (χ2v) is 5.36. The van der Waals surface area contributed by atoms with Gasteiger partial charge in [0.25, 0.3) is 0 Å². The van der Waals surface area contributed by atoms with Crippen LogP contribution in [-0.4, -0.2) is 43.3 Å². The van der Waals surface area contributed by atoms with Gasteiger partial charge >= 0.3 is 6.09 Å². The molecule has 0 atom stereocenters. The maximum Gasteiger partial charge on any atom is 0.407 e. The third-order valence-electron chi connectivity index (χ3n) is 3.30. The van der Waals surface area contributed by atoms with Crippen LogP contribution in [0.25, 0.3) is 0 Å². The molecule has 0 aliphatic rings. The molecule has 25 heavy (non-hydrogen) atoms. The van der Waals surface area contributed by atoms with Crippen molar-refractivity contribution >= 4 is 12.0 Å². The molecule has 1 aromatic rings. The third-order valence-corrected chi connectivity index (χ3v) is 3.30. The Labute approximate surface area is 148 Å². The summed E-state index contributed by atoms with van der Waals surface area (Å²) >= 11 is 0. The first-order valence-electron chi connectivity index (χ1n) is 8.56. The summed E-state index contributed by atoms with van der Waals surface area (Å²) in [6.45, 7) is 5.39. The molecule has 0 radical (unpaired) electrons. The summed E-state index contributed by atoms with van der Waals surface area (Å²) < 4.78 is 10.6. The molecule has 138 valence electrons. The van der Waals surface area contributed by atoms with Crippen molar-refractivity contribution in [1.29, 1.82) is 0 Å². The van der Waals surface area contributed by atoms with Crippen LogP contribution in [0.2, 0.25) is 0 Å². The summed E-state index contributed by atoms with van der Waals surface area (Å²) in [5.74, 6) is 0.618. The average Bonchev–Trinajstić information content (AvgIpc) is 2.64. The molecule has 0 bridgehead atoms. The van der Waals surface area contributed by atoms with Gasteiger partial charge in [-0.05, 0) is 50.3 Å². The Morgan fingerprint density at radius 1 is 1.00 bits per heavy atom. The van der Waals surface area contributed by atoms with Crippen molar-refractivity contribution < 1.29 is 19.1 Å². The highest BCUT2D eigenvalue weighted by Gasteiger charge is 2.01. The van der Waals surface area contributed by atoms with Crippen molar-refractivity contribution in [1.82, 2.24) is 15.6 Å². The third kappa shape index (κ3) is 11.6. The van der Waals surface area contributed by atoms with Gasteiger partial charge in [-0.3, -0.25) is 9.78 Å². The molecule has 0 aromatic carbocycles. The van der Waals surface area contributed by atoms with Crippen molar-refractivity contribution in [2.75, 3.05) is 26.3 Å². The molecule has 1 heterocycles. The van der Waals surface area contributed by atoms with Gasteiger partial charge in [0.05, 0.1) is 13.2 Å². The molecule has 0 unspecified atom stereocenters. The molecule has 0 spiro atoms. The highest BCUT2D eigenvalue weighted by molar-refractivity contribution is 5.86. The Kier molecular flexibility index (Phi) is 11.3. The number of alkyl carbamates (subject to hydrolysis) is 1. The molecule has 1 rings (SSSR count). The van der Waals surface area contributed by atoms with E-state index in [2.05, 4.69) is 22.2 Å².